The maximum Gasteiger partial charge on any atom is 0.330 e. The molecule has 1 heterocycles. The van der Waals surface area contributed by atoms with Crippen LogP contribution in [0.3, 0.4) is 0 Å². The highest BCUT2D eigenvalue weighted by Gasteiger charge is 2.38. The van der Waals surface area contributed by atoms with Gasteiger partial charge in [-0.1, -0.05) is 0 Å². The number of urea groups is 1. The second-order valence-electron chi connectivity index (χ2n) is 4.54. The average molecular weight is 315 g/mol. The summed E-state index contributed by atoms with van der Waals surface area (Å²) in [7, 11) is 0. The van der Waals surface area contributed by atoms with Crippen molar-refractivity contribution in [3.8, 4) is 0 Å². The molecule has 1 saturated heterocycles. The van der Waals surface area contributed by atoms with Gasteiger partial charge in [0.05, 0.1) is 0 Å². The number of amides is 4. The number of carboxylic acids is 1. The van der Waals surface area contributed by atoms with Gasteiger partial charge in [-0.25, -0.2) is 9.59 Å². The van der Waals surface area contributed by atoms with E-state index >= 15 is 0 Å². The van der Waals surface area contributed by atoms with Crippen molar-refractivity contribution < 1.29 is 33.8 Å². The van der Waals surface area contributed by atoms with Gasteiger partial charge in [0.25, 0.3) is 6.47 Å². The summed E-state index contributed by atoms with van der Waals surface area (Å²) in [5.74, 6) is -3.29. The van der Waals surface area contributed by atoms with Crippen LogP contribution in [0.4, 0.5) is 4.79 Å². The van der Waals surface area contributed by atoms with Gasteiger partial charge < -0.3 is 20.1 Å². The fourth-order valence-corrected chi connectivity index (χ4v) is 1.93. The van der Waals surface area contributed by atoms with Crippen LogP contribution in [0, 0.1) is 0 Å². The van der Waals surface area contributed by atoms with Crippen LogP contribution in [0.15, 0.2) is 0 Å². The van der Waals surface area contributed by atoms with E-state index in [2.05, 4.69) is 10.1 Å². The monoisotopic (exact) mass is 315 g/mol. The van der Waals surface area contributed by atoms with E-state index in [1.165, 1.54) is 11.8 Å². The molecule has 0 bridgehead atoms. The molecule has 1 rings (SSSR count). The number of nitrogens with zero attached hydrogens (tertiary/aromatic N) is 2. The van der Waals surface area contributed by atoms with E-state index in [1.54, 1.807) is 6.92 Å². The quantitative estimate of drug-likeness (QED) is 0.445. The lowest BCUT2D eigenvalue weighted by Gasteiger charge is -2.32. The summed E-state index contributed by atoms with van der Waals surface area (Å²) in [5.41, 5.74) is 0. The van der Waals surface area contributed by atoms with E-state index in [9.17, 15) is 24.0 Å². The third-order valence-electron chi connectivity index (χ3n) is 3.22. The number of imide groups is 1. The average Bonchev–Trinajstić information content (AvgIpc) is 2.47. The molecule has 0 aromatic heterocycles. The number of carbonyl (C=O) groups is 5. The Bertz CT molecular complexity index is 493. The van der Waals surface area contributed by atoms with Crippen molar-refractivity contribution >= 4 is 30.3 Å². The molecule has 0 saturated carbocycles. The predicted molar refractivity (Wildman–Crippen MR) is 70.5 cm³/mol. The number of piperazine rings is 1. The van der Waals surface area contributed by atoms with Crippen LogP contribution in [-0.2, 0) is 23.9 Å². The summed E-state index contributed by atoms with van der Waals surface area (Å²) in [5, 5.41) is 11.1. The predicted octanol–water partition coefficient (Wildman–Crippen LogP) is -1.60. The molecule has 22 heavy (non-hydrogen) atoms. The van der Waals surface area contributed by atoms with Gasteiger partial charge >= 0.3 is 23.8 Å². The SMILES string of the molecule is CCN1CCN(C(=O)N[C@@H](C(=O)O)[C@H](C)OC=O)C(=O)C1=O. The Labute approximate surface area is 126 Å². The Morgan fingerprint density at radius 3 is 2.50 bits per heavy atom. The number of aliphatic carboxylic acids is 1. The lowest BCUT2D eigenvalue weighted by molar-refractivity contribution is -0.153. The summed E-state index contributed by atoms with van der Waals surface area (Å²) in [6.07, 6.45) is -1.14. The van der Waals surface area contributed by atoms with Crippen LogP contribution in [0.5, 0.6) is 0 Å². The van der Waals surface area contributed by atoms with Crippen molar-refractivity contribution in [1.82, 2.24) is 15.1 Å². The largest absolute Gasteiger partial charge is 0.480 e. The first-order chi connectivity index (χ1) is 10.3. The second kappa shape index (κ2) is 7.38. The third-order valence-corrected chi connectivity index (χ3v) is 3.22. The van der Waals surface area contributed by atoms with E-state index < -0.39 is 36.0 Å². The number of likely N-dealkylation sites (N-methyl/N-ethyl adjacent to an activating group) is 1. The summed E-state index contributed by atoms with van der Waals surface area (Å²) >= 11 is 0. The maximum absolute atomic E-state index is 12.0. The number of carbonyl (C=O) groups excluding carboxylic acids is 4. The van der Waals surface area contributed by atoms with Gasteiger partial charge in [0.15, 0.2) is 6.04 Å². The van der Waals surface area contributed by atoms with Gasteiger partial charge in [-0.15, -0.1) is 0 Å². The minimum absolute atomic E-state index is 0.0422. The Morgan fingerprint density at radius 1 is 1.36 bits per heavy atom. The van der Waals surface area contributed by atoms with Gasteiger partial charge in [-0.2, -0.15) is 0 Å². The summed E-state index contributed by atoms with van der Waals surface area (Å²) in [6.45, 7) is 3.49. The number of carboxylic acid groups (broad SMARTS) is 1. The molecule has 122 valence electrons. The molecule has 1 aliphatic heterocycles. The number of hydrogen-bond donors (Lipinski definition) is 2. The van der Waals surface area contributed by atoms with Crippen molar-refractivity contribution in [2.75, 3.05) is 19.6 Å². The van der Waals surface area contributed by atoms with Crippen LogP contribution in [0.1, 0.15) is 13.8 Å². The molecule has 10 nitrogen and oxygen atoms in total. The molecule has 0 aromatic carbocycles. The zero-order chi connectivity index (χ0) is 16.9. The molecule has 10 heteroatoms. The Hall–Kier alpha value is -2.65. The molecule has 4 amide bonds. The first-order valence-corrected chi connectivity index (χ1v) is 6.56. The maximum atomic E-state index is 12.0. The summed E-state index contributed by atoms with van der Waals surface area (Å²) in [6, 6.07) is -2.56. The minimum Gasteiger partial charge on any atom is -0.480 e. The summed E-state index contributed by atoms with van der Waals surface area (Å²) in [4.78, 5) is 58.8. The molecule has 2 atom stereocenters. The highest BCUT2D eigenvalue weighted by atomic mass is 16.5. The molecule has 1 fully saturated rings. The molecule has 0 unspecified atom stereocenters. The minimum atomic E-state index is -1.54. The normalized spacial score (nSPS) is 17.7. The van der Waals surface area contributed by atoms with Crippen LogP contribution in [0.2, 0.25) is 0 Å². The lowest BCUT2D eigenvalue weighted by atomic mass is 10.2. The topological polar surface area (TPSA) is 133 Å². The zero-order valence-electron chi connectivity index (χ0n) is 12.1. The molecule has 1 aliphatic rings. The van der Waals surface area contributed by atoms with Crippen LogP contribution in [-0.4, -0.2) is 77.0 Å². The summed E-state index contributed by atoms with van der Waals surface area (Å²) < 4.78 is 4.48. The fraction of sp³-hybridized carbons (Fsp3) is 0.583. The second-order valence-corrected chi connectivity index (χ2v) is 4.54. The van der Waals surface area contributed by atoms with Crippen LogP contribution < -0.4 is 5.32 Å². The smallest absolute Gasteiger partial charge is 0.330 e. The highest BCUT2D eigenvalue weighted by molar-refractivity contribution is 6.38. The Balaban J connectivity index is 2.78. The van der Waals surface area contributed by atoms with Gasteiger partial charge in [-0.05, 0) is 13.8 Å². The van der Waals surface area contributed by atoms with E-state index in [-0.39, 0.29) is 19.6 Å². The van der Waals surface area contributed by atoms with Gasteiger partial charge in [-0.3, -0.25) is 19.3 Å². The first kappa shape index (κ1) is 17.4. The van der Waals surface area contributed by atoms with Crippen LogP contribution >= 0.6 is 0 Å². The van der Waals surface area contributed by atoms with E-state index in [0.717, 1.165) is 0 Å². The third kappa shape index (κ3) is 3.71. The molecular formula is C12H17N3O7. The molecule has 0 spiro atoms. The molecule has 0 aromatic rings. The van der Waals surface area contributed by atoms with E-state index in [1.807, 2.05) is 0 Å². The van der Waals surface area contributed by atoms with Crippen molar-refractivity contribution in [2.24, 2.45) is 0 Å². The first-order valence-electron chi connectivity index (χ1n) is 6.56. The van der Waals surface area contributed by atoms with Crippen molar-refractivity contribution in [2.45, 2.75) is 26.0 Å². The van der Waals surface area contributed by atoms with E-state index in [0.29, 0.717) is 11.4 Å². The Kier molecular flexibility index (Phi) is 5.84. The van der Waals surface area contributed by atoms with Crippen molar-refractivity contribution in [1.29, 1.82) is 0 Å². The number of hydrogen-bond acceptors (Lipinski definition) is 6. The van der Waals surface area contributed by atoms with Gasteiger partial charge in [0, 0.05) is 19.6 Å². The van der Waals surface area contributed by atoms with Gasteiger partial charge in [0.2, 0.25) is 0 Å². The number of nitrogens with one attached hydrogen (secondary N) is 1. The van der Waals surface area contributed by atoms with Gasteiger partial charge in [0.1, 0.15) is 6.10 Å². The molecule has 0 aliphatic carbocycles. The van der Waals surface area contributed by atoms with Crippen molar-refractivity contribution in [3.63, 3.8) is 0 Å². The Morgan fingerprint density at radius 2 is 2.00 bits per heavy atom. The molecule has 2 N–H and O–H groups in total. The van der Waals surface area contributed by atoms with Crippen LogP contribution in [0.25, 0.3) is 0 Å². The fourth-order valence-electron chi connectivity index (χ4n) is 1.93. The lowest BCUT2D eigenvalue weighted by Crippen LogP contribution is -2.61. The number of ether oxygens (including phenoxy) is 1. The van der Waals surface area contributed by atoms with E-state index in [4.69, 9.17) is 5.11 Å². The number of rotatable bonds is 6. The molecular weight excluding hydrogens is 298 g/mol. The highest BCUT2D eigenvalue weighted by Crippen LogP contribution is 2.07. The standard InChI is InChI=1S/C12H17N3O7/c1-3-14-4-5-15(10(18)9(14)17)12(21)13-8(11(19)20)7(2)22-6-16/h6-8H,3-5H2,1-2H3,(H,13,21)(H,19,20)/t7-,8+/m0/s1. The molecule has 0 radical (unpaired) electrons. The zero-order valence-corrected chi connectivity index (χ0v) is 12.1. The van der Waals surface area contributed by atoms with Crippen molar-refractivity contribution in [3.05, 3.63) is 0 Å².